The summed E-state index contributed by atoms with van der Waals surface area (Å²) < 4.78 is 6.78. The summed E-state index contributed by atoms with van der Waals surface area (Å²) >= 11 is 0. The predicted octanol–water partition coefficient (Wildman–Crippen LogP) is 0.574. The smallest absolute Gasteiger partial charge is 0.200 e. The van der Waals surface area contributed by atoms with Crippen molar-refractivity contribution in [2.45, 2.75) is 18.8 Å². The highest BCUT2D eigenvalue weighted by molar-refractivity contribution is 5.55. The highest BCUT2D eigenvalue weighted by Crippen LogP contribution is 2.54. The fraction of sp³-hybridized carbons (Fsp3) is 0.400. The second kappa shape index (κ2) is 2.77. The van der Waals surface area contributed by atoms with Crippen LogP contribution in [-0.4, -0.2) is 26.5 Å². The van der Waals surface area contributed by atoms with Gasteiger partial charge in [-0.25, -0.2) is 0 Å². The summed E-state index contributed by atoms with van der Waals surface area (Å²) in [6.45, 7) is 0.0579. The predicted molar refractivity (Wildman–Crippen MR) is 50.6 cm³/mol. The van der Waals surface area contributed by atoms with E-state index in [1.165, 1.54) is 4.57 Å². The first-order valence-electron chi connectivity index (χ1n) is 4.83. The van der Waals surface area contributed by atoms with E-state index >= 15 is 0 Å². The molecule has 15 heavy (non-hydrogen) atoms. The lowest BCUT2D eigenvalue weighted by molar-refractivity contribution is 0.0834. The van der Waals surface area contributed by atoms with Gasteiger partial charge in [-0.2, -0.15) is 0 Å². The molecule has 2 unspecified atom stereocenters. The van der Waals surface area contributed by atoms with E-state index in [1.54, 1.807) is 0 Å². The first-order valence-corrected chi connectivity index (χ1v) is 4.83. The Kier molecular flexibility index (Phi) is 1.63. The summed E-state index contributed by atoms with van der Waals surface area (Å²) in [7, 11) is 0. The molecule has 0 fully saturated rings. The molecular formula is C10H11NO4. The number of aromatic nitrogens is 1. The van der Waals surface area contributed by atoms with Gasteiger partial charge in [0.05, 0.1) is 24.3 Å². The molecule has 0 saturated carbocycles. The van der Waals surface area contributed by atoms with Crippen molar-refractivity contribution < 1.29 is 20.1 Å². The molecule has 2 aliphatic heterocycles. The van der Waals surface area contributed by atoms with Gasteiger partial charge in [0.15, 0.2) is 0 Å². The molecule has 0 amide bonds. The molecule has 0 aliphatic carbocycles. The molecule has 2 atom stereocenters. The van der Waals surface area contributed by atoms with Crippen LogP contribution in [0.3, 0.4) is 0 Å². The van der Waals surface area contributed by atoms with Crippen LogP contribution in [0.5, 0.6) is 11.8 Å². The van der Waals surface area contributed by atoms with Crippen LogP contribution in [0.1, 0.15) is 23.3 Å². The van der Waals surface area contributed by atoms with E-state index in [4.69, 9.17) is 9.84 Å². The standard InChI is InChI=1S/C10H11NO4/c12-4-3-11-9(13)7-5-1-2-6(15-5)8(7)10(11)14/h1-2,5-6,12-14H,3-4H2. The summed E-state index contributed by atoms with van der Waals surface area (Å²) in [4.78, 5) is 0. The number of aliphatic hydroxyl groups is 1. The zero-order valence-corrected chi connectivity index (χ0v) is 7.92. The van der Waals surface area contributed by atoms with Crippen LogP contribution in [0.4, 0.5) is 0 Å². The summed E-state index contributed by atoms with van der Waals surface area (Å²) in [6.07, 6.45) is 3.21. The van der Waals surface area contributed by atoms with Crippen LogP contribution in [0.2, 0.25) is 0 Å². The van der Waals surface area contributed by atoms with Crippen molar-refractivity contribution in [1.29, 1.82) is 0 Å². The quantitative estimate of drug-likeness (QED) is 0.622. The van der Waals surface area contributed by atoms with Gasteiger partial charge in [-0.05, 0) is 0 Å². The average Bonchev–Trinajstić information content (AvgIpc) is 2.87. The molecule has 3 heterocycles. The van der Waals surface area contributed by atoms with Gasteiger partial charge in [-0.15, -0.1) is 0 Å². The van der Waals surface area contributed by atoms with Gasteiger partial charge in [0.2, 0.25) is 11.8 Å². The maximum absolute atomic E-state index is 9.86. The van der Waals surface area contributed by atoms with Gasteiger partial charge in [0.1, 0.15) is 12.2 Å². The first kappa shape index (κ1) is 8.82. The van der Waals surface area contributed by atoms with Crippen molar-refractivity contribution in [1.82, 2.24) is 4.57 Å². The largest absolute Gasteiger partial charge is 0.494 e. The van der Waals surface area contributed by atoms with Crippen LogP contribution >= 0.6 is 0 Å². The van der Waals surface area contributed by atoms with Crippen molar-refractivity contribution in [3.63, 3.8) is 0 Å². The molecule has 5 heteroatoms. The van der Waals surface area contributed by atoms with Crippen LogP contribution < -0.4 is 0 Å². The zero-order chi connectivity index (χ0) is 10.6. The van der Waals surface area contributed by atoms with Crippen molar-refractivity contribution >= 4 is 0 Å². The highest BCUT2D eigenvalue weighted by atomic mass is 16.5. The minimum atomic E-state index is -0.254. The summed E-state index contributed by atoms with van der Waals surface area (Å²) in [6, 6.07) is 0. The van der Waals surface area contributed by atoms with Gasteiger partial charge >= 0.3 is 0 Å². The molecule has 3 rings (SSSR count). The molecule has 0 aromatic carbocycles. The second-order valence-corrected chi connectivity index (χ2v) is 3.71. The van der Waals surface area contributed by atoms with E-state index in [9.17, 15) is 10.2 Å². The third-order valence-electron chi connectivity index (χ3n) is 2.93. The highest BCUT2D eigenvalue weighted by Gasteiger charge is 2.41. The van der Waals surface area contributed by atoms with Gasteiger partial charge in [0.25, 0.3) is 0 Å². The van der Waals surface area contributed by atoms with E-state index in [0.717, 1.165) is 0 Å². The molecular weight excluding hydrogens is 198 g/mol. The molecule has 0 radical (unpaired) electrons. The number of rotatable bonds is 2. The molecule has 1 aromatic rings. The Labute approximate surface area is 85.8 Å². The number of aromatic hydroxyl groups is 2. The number of hydrogen-bond acceptors (Lipinski definition) is 4. The van der Waals surface area contributed by atoms with E-state index in [-0.39, 0.29) is 37.1 Å². The third-order valence-corrected chi connectivity index (χ3v) is 2.93. The van der Waals surface area contributed by atoms with Crippen molar-refractivity contribution in [3.8, 4) is 11.8 Å². The lowest BCUT2D eigenvalue weighted by Gasteiger charge is -2.08. The number of fused-ring (bicyclic) bond motifs is 5. The Hall–Kier alpha value is -1.46. The fourth-order valence-corrected chi connectivity index (χ4v) is 2.28. The van der Waals surface area contributed by atoms with Gasteiger partial charge in [-0.3, -0.25) is 4.57 Å². The number of ether oxygens (including phenoxy) is 1. The monoisotopic (exact) mass is 209 g/mol. The van der Waals surface area contributed by atoms with Crippen LogP contribution in [-0.2, 0) is 11.3 Å². The molecule has 2 aliphatic rings. The Morgan fingerprint density at radius 3 is 2.13 bits per heavy atom. The second-order valence-electron chi connectivity index (χ2n) is 3.71. The minimum Gasteiger partial charge on any atom is -0.494 e. The Bertz CT molecular complexity index is 413. The van der Waals surface area contributed by atoms with Gasteiger partial charge in [0, 0.05) is 0 Å². The molecule has 80 valence electrons. The maximum atomic E-state index is 9.86. The molecule has 2 bridgehead atoms. The zero-order valence-electron chi connectivity index (χ0n) is 7.92. The van der Waals surface area contributed by atoms with Crippen molar-refractivity contribution in [2.24, 2.45) is 0 Å². The summed E-state index contributed by atoms with van der Waals surface area (Å²) in [5.41, 5.74) is 1.27. The van der Waals surface area contributed by atoms with E-state index in [2.05, 4.69) is 0 Å². The molecule has 0 spiro atoms. The molecule has 0 saturated heterocycles. The number of hydrogen-bond donors (Lipinski definition) is 3. The van der Waals surface area contributed by atoms with Crippen molar-refractivity contribution in [2.75, 3.05) is 6.61 Å². The Balaban J connectivity index is 2.17. The third kappa shape index (κ3) is 0.938. The van der Waals surface area contributed by atoms with E-state index in [1.807, 2.05) is 12.2 Å². The molecule has 1 aromatic heterocycles. The normalized spacial score (nSPS) is 26.2. The van der Waals surface area contributed by atoms with Gasteiger partial charge in [-0.1, -0.05) is 12.2 Å². The van der Waals surface area contributed by atoms with Gasteiger partial charge < -0.3 is 20.1 Å². The number of nitrogens with zero attached hydrogens (tertiary/aromatic N) is 1. The minimum absolute atomic E-state index is 0.00611. The van der Waals surface area contributed by atoms with Crippen LogP contribution in [0, 0.1) is 0 Å². The number of aliphatic hydroxyl groups excluding tert-OH is 1. The SMILES string of the molecule is OCCn1c(O)c2c(c1O)C1C=CC2O1. The fourth-order valence-electron chi connectivity index (χ4n) is 2.28. The average molecular weight is 209 g/mol. The lowest BCUT2D eigenvalue weighted by atomic mass is 10.0. The topological polar surface area (TPSA) is 74.9 Å². The van der Waals surface area contributed by atoms with E-state index < -0.39 is 0 Å². The Morgan fingerprint density at radius 1 is 1.13 bits per heavy atom. The van der Waals surface area contributed by atoms with E-state index in [0.29, 0.717) is 11.1 Å². The van der Waals surface area contributed by atoms with Crippen LogP contribution in [0.15, 0.2) is 12.2 Å². The summed E-state index contributed by atoms with van der Waals surface area (Å²) in [5, 5.41) is 28.5. The maximum Gasteiger partial charge on any atom is 0.200 e. The van der Waals surface area contributed by atoms with Crippen molar-refractivity contribution in [3.05, 3.63) is 23.3 Å². The lowest BCUT2D eigenvalue weighted by Crippen LogP contribution is -2.02. The Morgan fingerprint density at radius 2 is 1.67 bits per heavy atom. The molecule has 5 nitrogen and oxygen atoms in total. The van der Waals surface area contributed by atoms with Crippen LogP contribution in [0.25, 0.3) is 0 Å². The first-order chi connectivity index (χ1) is 7.24. The summed E-state index contributed by atoms with van der Waals surface area (Å²) in [5.74, 6) is -0.0122. The molecule has 3 N–H and O–H groups in total.